The van der Waals surface area contributed by atoms with Crippen molar-refractivity contribution >= 4 is 45.4 Å². The predicted octanol–water partition coefficient (Wildman–Crippen LogP) is 3.78. The Morgan fingerprint density at radius 1 is 1.33 bits per heavy atom. The number of benzene rings is 1. The highest BCUT2D eigenvalue weighted by molar-refractivity contribution is 9.10. The Morgan fingerprint density at radius 3 is 2.86 bits per heavy atom. The van der Waals surface area contributed by atoms with Crippen LogP contribution in [-0.4, -0.2) is 11.4 Å². The Labute approximate surface area is 132 Å². The first-order valence-electron chi connectivity index (χ1n) is 6.07. The molecule has 3 rings (SSSR count). The van der Waals surface area contributed by atoms with Gasteiger partial charge in [-0.2, -0.15) is 0 Å². The molecule has 21 heavy (non-hydrogen) atoms. The van der Waals surface area contributed by atoms with Crippen molar-refractivity contribution in [1.82, 2.24) is 5.32 Å². The van der Waals surface area contributed by atoms with E-state index in [0.29, 0.717) is 21.0 Å². The van der Waals surface area contributed by atoms with E-state index in [9.17, 15) is 9.18 Å². The molecule has 1 aliphatic heterocycles. The van der Waals surface area contributed by atoms with Crippen molar-refractivity contribution in [2.45, 2.75) is 5.50 Å². The number of hydrogen-bond donors (Lipinski definition) is 2. The van der Waals surface area contributed by atoms with Gasteiger partial charge >= 0.3 is 0 Å². The normalized spacial score (nSPS) is 19.8. The van der Waals surface area contributed by atoms with E-state index in [1.165, 1.54) is 17.8 Å². The van der Waals surface area contributed by atoms with E-state index in [1.54, 1.807) is 36.4 Å². The van der Waals surface area contributed by atoms with Gasteiger partial charge < -0.3 is 15.1 Å². The minimum atomic E-state index is -0.418. The zero-order chi connectivity index (χ0) is 14.8. The summed E-state index contributed by atoms with van der Waals surface area (Å²) in [6, 6.07) is 9.82. The number of halogens is 2. The van der Waals surface area contributed by atoms with Crippen LogP contribution in [0.1, 0.15) is 5.76 Å². The largest absolute Gasteiger partial charge is 0.450 e. The van der Waals surface area contributed by atoms with E-state index < -0.39 is 5.50 Å². The highest BCUT2D eigenvalue weighted by Gasteiger charge is 2.27. The van der Waals surface area contributed by atoms with Gasteiger partial charge in [0.25, 0.3) is 5.91 Å². The van der Waals surface area contributed by atoms with E-state index in [0.717, 1.165) is 0 Å². The van der Waals surface area contributed by atoms with Crippen molar-refractivity contribution < 1.29 is 13.6 Å². The van der Waals surface area contributed by atoms with Gasteiger partial charge in [-0.05, 0) is 40.2 Å². The van der Waals surface area contributed by atoms with Gasteiger partial charge in [0.05, 0.1) is 10.6 Å². The van der Waals surface area contributed by atoms with Crippen molar-refractivity contribution in [2.75, 3.05) is 5.32 Å². The summed E-state index contributed by atoms with van der Waals surface area (Å²) in [5.74, 6) is -0.00725. The third-order valence-electron chi connectivity index (χ3n) is 2.76. The first kappa shape index (κ1) is 14.2. The van der Waals surface area contributed by atoms with Crippen LogP contribution < -0.4 is 10.6 Å². The molecule has 1 unspecified atom stereocenters. The summed E-state index contributed by atoms with van der Waals surface area (Å²) in [4.78, 5) is 12.4. The maximum atomic E-state index is 13.6. The lowest BCUT2D eigenvalue weighted by molar-refractivity contribution is -0.116. The lowest BCUT2D eigenvalue weighted by Crippen LogP contribution is -2.31. The number of amides is 1. The molecule has 2 aromatic rings. The third kappa shape index (κ3) is 3.30. The number of carbonyl (C=O) groups is 1. The van der Waals surface area contributed by atoms with Crippen molar-refractivity contribution in [2.24, 2.45) is 0 Å². The minimum Gasteiger partial charge on any atom is -0.450 e. The van der Waals surface area contributed by atoms with Crippen LogP contribution in [0.5, 0.6) is 0 Å². The molecule has 1 aromatic carbocycles. The molecule has 0 radical (unpaired) electrons. The number of para-hydroxylation sites is 1. The highest BCUT2D eigenvalue weighted by Crippen LogP contribution is 2.31. The first-order valence-corrected chi connectivity index (χ1v) is 7.75. The van der Waals surface area contributed by atoms with Gasteiger partial charge in [0.2, 0.25) is 0 Å². The molecule has 0 aliphatic carbocycles. The fourth-order valence-electron chi connectivity index (χ4n) is 1.82. The molecule has 1 aromatic heterocycles. The van der Waals surface area contributed by atoms with Gasteiger partial charge in [-0.15, -0.1) is 0 Å². The van der Waals surface area contributed by atoms with Gasteiger partial charge in [-0.1, -0.05) is 23.9 Å². The van der Waals surface area contributed by atoms with Crippen LogP contribution in [0.2, 0.25) is 0 Å². The second-order valence-corrected chi connectivity index (χ2v) is 6.17. The molecule has 0 spiro atoms. The molecule has 4 nitrogen and oxygen atoms in total. The molecule has 7 heteroatoms. The second kappa shape index (κ2) is 5.95. The number of anilines is 1. The molecular formula is C14H10BrFN2O2S. The smallest absolute Gasteiger partial charge is 0.260 e. The van der Waals surface area contributed by atoms with Crippen molar-refractivity contribution in [3.05, 3.63) is 57.6 Å². The Kier molecular flexibility index (Phi) is 4.03. The van der Waals surface area contributed by atoms with Crippen LogP contribution in [0.25, 0.3) is 6.08 Å². The topological polar surface area (TPSA) is 54.3 Å². The second-order valence-electron chi connectivity index (χ2n) is 4.25. The number of rotatable bonds is 3. The van der Waals surface area contributed by atoms with Crippen molar-refractivity contribution in [3.63, 3.8) is 0 Å². The van der Waals surface area contributed by atoms with Crippen LogP contribution in [-0.2, 0) is 4.79 Å². The van der Waals surface area contributed by atoms with Gasteiger partial charge in [-0.25, -0.2) is 4.39 Å². The van der Waals surface area contributed by atoms with Crippen LogP contribution in [0.15, 0.2) is 50.4 Å². The molecule has 2 N–H and O–H groups in total. The van der Waals surface area contributed by atoms with E-state index in [4.69, 9.17) is 4.42 Å². The average molecular weight is 369 g/mol. The summed E-state index contributed by atoms with van der Waals surface area (Å²) in [5.41, 5.74) is -0.0728. The quantitative estimate of drug-likeness (QED) is 0.809. The number of thioether (sulfide) groups is 1. The van der Waals surface area contributed by atoms with E-state index in [1.807, 2.05) is 0 Å². The molecule has 1 atom stereocenters. The zero-order valence-electron chi connectivity index (χ0n) is 10.6. The van der Waals surface area contributed by atoms with Crippen LogP contribution in [0.3, 0.4) is 0 Å². The van der Waals surface area contributed by atoms with Gasteiger partial charge in [0.15, 0.2) is 10.2 Å². The fourth-order valence-corrected chi connectivity index (χ4v) is 3.09. The summed E-state index contributed by atoms with van der Waals surface area (Å²) >= 11 is 4.48. The predicted molar refractivity (Wildman–Crippen MR) is 83.9 cm³/mol. The SMILES string of the molecule is O=C1NC(Nc2ccccc2F)S/C1=C\c1ccc(Br)o1. The number of furan rings is 1. The highest BCUT2D eigenvalue weighted by atomic mass is 79.9. The maximum absolute atomic E-state index is 13.6. The molecule has 2 heterocycles. The van der Waals surface area contributed by atoms with Crippen LogP contribution in [0.4, 0.5) is 10.1 Å². The van der Waals surface area contributed by atoms with E-state index >= 15 is 0 Å². The standard InChI is InChI=1S/C14H10BrFN2O2S/c15-12-6-5-8(20-12)7-11-13(19)18-14(21-11)17-10-4-2-1-3-9(10)16/h1-7,14,17H,(H,18,19)/b11-7-. The van der Waals surface area contributed by atoms with Crippen LogP contribution >= 0.6 is 27.7 Å². The lowest BCUT2D eigenvalue weighted by Gasteiger charge is -2.12. The molecule has 1 amide bonds. The van der Waals surface area contributed by atoms with Gasteiger partial charge in [0.1, 0.15) is 11.6 Å². The fraction of sp³-hybridized carbons (Fsp3) is 0.0714. The molecule has 1 aliphatic rings. The zero-order valence-corrected chi connectivity index (χ0v) is 13.0. The molecular weight excluding hydrogens is 359 g/mol. The summed E-state index contributed by atoms with van der Waals surface area (Å²) < 4.78 is 19.5. The Morgan fingerprint density at radius 2 is 2.14 bits per heavy atom. The number of carbonyl (C=O) groups excluding carboxylic acids is 1. The van der Waals surface area contributed by atoms with Crippen LogP contribution in [0, 0.1) is 5.82 Å². The summed E-state index contributed by atoms with van der Waals surface area (Å²) in [7, 11) is 0. The molecule has 1 saturated heterocycles. The third-order valence-corrected chi connectivity index (χ3v) is 4.21. The van der Waals surface area contributed by atoms with Crippen molar-refractivity contribution in [1.29, 1.82) is 0 Å². The molecule has 0 bridgehead atoms. The van der Waals surface area contributed by atoms with Crippen molar-refractivity contribution in [3.8, 4) is 0 Å². The monoisotopic (exact) mass is 368 g/mol. The summed E-state index contributed by atoms with van der Waals surface area (Å²) in [6.45, 7) is 0. The number of hydrogen-bond acceptors (Lipinski definition) is 4. The van der Waals surface area contributed by atoms with E-state index in [-0.39, 0.29) is 11.7 Å². The Hall–Kier alpha value is -1.73. The average Bonchev–Trinajstić information content (AvgIpc) is 3.00. The number of nitrogens with one attached hydrogen (secondary N) is 2. The Balaban J connectivity index is 1.73. The summed E-state index contributed by atoms with van der Waals surface area (Å²) in [5, 5.41) is 5.67. The molecule has 1 fully saturated rings. The minimum absolute atomic E-state index is 0.221. The molecule has 108 valence electrons. The van der Waals surface area contributed by atoms with E-state index in [2.05, 4.69) is 26.6 Å². The van der Waals surface area contributed by atoms with Gasteiger partial charge in [0, 0.05) is 6.08 Å². The Bertz CT molecular complexity index is 717. The molecule has 0 saturated carbocycles. The lowest BCUT2D eigenvalue weighted by atomic mass is 10.3. The first-order chi connectivity index (χ1) is 10.1. The van der Waals surface area contributed by atoms with Gasteiger partial charge in [-0.3, -0.25) is 4.79 Å². The summed E-state index contributed by atoms with van der Waals surface area (Å²) in [6.07, 6.45) is 1.65. The maximum Gasteiger partial charge on any atom is 0.260 e.